The molecule has 1 N–H and O–H groups in total. The number of nitrogens with one attached hydrogen (secondary N) is 1. The summed E-state index contributed by atoms with van der Waals surface area (Å²) in [5.41, 5.74) is 4.98. The second kappa shape index (κ2) is 10.7. The molecule has 0 aliphatic rings. The zero-order valence-corrected chi connectivity index (χ0v) is 20.6. The van der Waals surface area contributed by atoms with Crippen LogP contribution in [0.25, 0.3) is 11.0 Å². The summed E-state index contributed by atoms with van der Waals surface area (Å²) in [7, 11) is 0. The van der Waals surface area contributed by atoms with E-state index in [1.54, 1.807) is 24.3 Å². The highest BCUT2D eigenvalue weighted by molar-refractivity contribution is 6.30. The first kappa shape index (κ1) is 23.8. The van der Waals surface area contributed by atoms with E-state index in [2.05, 4.69) is 48.0 Å². The highest BCUT2D eigenvalue weighted by Crippen LogP contribution is 2.23. The minimum absolute atomic E-state index is 0.148. The molecular formula is C28H30ClN3O2. The first-order valence-electron chi connectivity index (χ1n) is 11.6. The van der Waals surface area contributed by atoms with E-state index in [0.717, 1.165) is 42.0 Å². The first-order valence-corrected chi connectivity index (χ1v) is 12.0. The zero-order chi connectivity index (χ0) is 24.1. The van der Waals surface area contributed by atoms with Crippen LogP contribution in [-0.4, -0.2) is 22.1 Å². The molecule has 1 unspecified atom stereocenters. The molecule has 176 valence electrons. The van der Waals surface area contributed by atoms with Crippen molar-refractivity contribution in [3.8, 4) is 5.75 Å². The molecule has 1 aromatic heterocycles. The minimum atomic E-state index is -0.248. The Hall–Kier alpha value is -3.31. The summed E-state index contributed by atoms with van der Waals surface area (Å²) in [6.07, 6.45) is 1.86. The van der Waals surface area contributed by atoms with Crippen molar-refractivity contribution in [1.29, 1.82) is 0 Å². The molecule has 1 heterocycles. The van der Waals surface area contributed by atoms with Crippen molar-refractivity contribution in [2.75, 3.05) is 6.61 Å². The molecule has 0 aliphatic carbocycles. The molecule has 0 bridgehead atoms. The number of ether oxygens (including phenoxy) is 1. The molecule has 0 spiro atoms. The standard InChI is InChI=1S/C28H30ClN3O2/c1-19-16-20(2)18-24(17-19)34-15-7-6-14-32-26-9-5-4-8-25(26)31-27(32)21(3)30-28(33)22-10-12-23(29)13-11-22/h4-5,8-13,16-18,21H,6-7,14-15H2,1-3H3,(H,30,33). The van der Waals surface area contributed by atoms with Gasteiger partial charge in [0.25, 0.3) is 5.91 Å². The van der Waals surface area contributed by atoms with Crippen LogP contribution in [0.1, 0.15) is 53.1 Å². The number of amides is 1. The third-order valence-electron chi connectivity index (χ3n) is 5.77. The number of para-hydroxylation sites is 2. The molecule has 0 saturated carbocycles. The third-order valence-corrected chi connectivity index (χ3v) is 6.02. The molecule has 0 radical (unpaired) electrons. The Morgan fingerprint density at radius 2 is 1.74 bits per heavy atom. The highest BCUT2D eigenvalue weighted by Gasteiger charge is 2.19. The van der Waals surface area contributed by atoms with Crippen molar-refractivity contribution in [3.05, 3.63) is 94.3 Å². The fourth-order valence-electron chi connectivity index (χ4n) is 4.18. The average Bonchev–Trinajstić information content (AvgIpc) is 3.17. The molecule has 4 aromatic rings. The van der Waals surface area contributed by atoms with Gasteiger partial charge >= 0.3 is 0 Å². The van der Waals surface area contributed by atoms with Gasteiger partial charge in [0.1, 0.15) is 11.6 Å². The van der Waals surface area contributed by atoms with Gasteiger partial charge in [0.2, 0.25) is 0 Å². The third kappa shape index (κ3) is 5.78. The summed E-state index contributed by atoms with van der Waals surface area (Å²) in [5, 5.41) is 3.68. The Labute approximate surface area is 205 Å². The number of rotatable bonds is 9. The Morgan fingerprint density at radius 1 is 1.03 bits per heavy atom. The second-order valence-electron chi connectivity index (χ2n) is 8.69. The number of benzene rings is 3. The minimum Gasteiger partial charge on any atom is -0.494 e. The lowest BCUT2D eigenvalue weighted by molar-refractivity contribution is 0.0937. The molecular weight excluding hydrogens is 446 g/mol. The fraction of sp³-hybridized carbons (Fsp3) is 0.286. The van der Waals surface area contributed by atoms with Gasteiger partial charge in [-0.2, -0.15) is 0 Å². The number of carbonyl (C=O) groups is 1. The van der Waals surface area contributed by atoms with Crippen LogP contribution in [0.2, 0.25) is 5.02 Å². The number of aromatic nitrogens is 2. The molecule has 0 saturated heterocycles. The summed E-state index contributed by atoms with van der Waals surface area (Å²) in [6.45, 7) is 7.59. The van der Waals surface area contributed by atoms with E-state index < -0.39 is 0 Å². The Kier molecular flexibility index (Phi) is 7.53. The van der Waals surface area contributed by atoms with Crippen molar-refractivity contribution in [1.82, 2.24) is 14.9 Å². The molecule has 4 rings (SSSR count). The van der Waals surface area contributed by atoms with Gasteiger partial charge < -0.3 is 14.6 Å². The van der Waals surface area contributed by atoms with E-state index >= 15 is 0 Å². The molecule has 3 aromatic carbocycles. The molecule has 1 atom stereocenters. The monoisotopic (exact) mass is 475 g/mol. The maximum atomic E-state index is 12.7. The van der Waals surface area contributed by atoms with Gasteiger partial charge in [-0.25, -0.2) is 4.98 Å². The van der Waals surface area contributed by atoms with E-state index in [0.29, 0.717) is 17.2 Å². The van der Waals surface area contributed by atoms with E-state index in [1.165, 1.54) is 11.1 Å². The predicted octanol–water partition coefficient (Wildman–Crippen LogP) is 6.66. The van der Waals surface area contributed by atoms with Gasteiger partial charge in [0, 0.05) is 17.1 Å². The SMILES string of the molecule is Cc1cc(C)cc(OCCCCn2c(C(C)NC(=O)c3ccc(Cl)cc3)nc3ccccc32)c1. The van der Waals surface area contributed by atoms with Crippen molar-refractivity contribution < 1.29 is 9.53 Å². The van der Waals surface area contributed by atoms with Gasteiger partial charge in [0.05, 0.1) is 23.7 Å². The van der Waals surface area contributed by atoms with Gasteiger partial charge in [-0.05, 0) is 93.3 Å². The lowest BCUT2D eigenvalue weighted by Gasteiger charge is -2.17. The number of unbranched alkanes of at least 4 members (excludes halogenated alkanes) is 1. The number of hydrogen-bond donors (Lipinski definition) is 1. The quantitative estimate of drug-likeness (QED) is 0.275. The van der Waals surface area contributed by atoms with Crippen LogP contribution < -0.4 is 10.1 Å². The predicted molar refractivity (Wildman–Crippen MR) is 138 cm³/mol. The molecule has 5 nitrogen and oxygen atoms in total. The topological polar surface area (TPSA) is 56.1 Å². The van der Waals surface area contributed by atoms with Crippen LogP contribution in [-0.2, 0) is 6.54 Å². The number of fused-ring (bicyclic) bond motifs is 1. The van der Waals surface area contributed by atoms with Crippen molar-refractivity contribution in [3.63, 3.8) is 0 Å². The summed E-state index contributed by atoms with van der Waals surface area (Å²) in [6, 6.07) is 21.0. The van der Waals surface area contributed by atoms with Crippen LogP contribution in [0.5, 0.6) is 5.75 Å². The van der Waals surface area contributed by atoms with Crippen LogP contribution in [0.3, 0.4) is 0 Å². The van der Waals surface area contributed by atoms with Gasteiger partial charge in [-0.15, -0.1) is 0 Å². The maximum absolute atomic E-state index is 12.7. The fourth-order valence-corrected chi connectivity index (χ4v) is 4.31. The largest absolute Gasteiger partial charge is 0.494 e. The number of imidazole rings is 1. The van der Waals surface area contributed by atoms with Crippen molar-refractivity contribution in [2.45, 2.75) is 46.2 Å². The van der Waals surface area contributed by atoms with Crippen LogP contribution >= 0.6 is 11.6 Å². The van der Waals surface area contributed by atoms with E-state index in [-0.39, 0.29) is 11.9 Å². The van der Waals surface area contributed by atoms with Crippen LogP contribution in [0.4, 0.5) is 0 Å². The normalized spacial score (nSPS) is 12.0. The molecule has 0 aliphatic heterocycles. The van der Waals surface area contributed by atoms with Gasteiger partial charge in [0.15, 0.2) is 0 Å². The highest BCUT2D eigenvalue weighted by atomic mass is 35.5. The summed E-state index contributed by atoms with van der Waals surface area (Å²) < 4.78 is 8.18. The summed E-state index contributed by atoms with van der Waals surface area (Å²) >= 11 is 5.95. The lowest BCUT2D eigenvalue weighted by atomic mass is 10.1. The zero-order valence-electron chi connectivity index (χ0n) is 19.8. The Balaban J connectivity index is 1.42. The Morgan fingerprint density at radius 3 is 2.47 bits per heavy atom. The van der Waals surface area contributed by atoms with Crippen LogP contribution in [0.15, 0.2) is 66.7 Å². The summed E-state index contributed by atoms with van der Waals surface area (Å²) in [4.78, 5) is 17.6. The number of hydrogen-bond acceptors (Lipinski definition) is 3. The number of halogens is 1. The second-order valence-corrected chi connectivity index (χ2v) is 9.13. The number of nitrogens with zero attached hydrogens (tertiary/aromatic N) is 2. The van der Waals surface area contributed by atoms with E-state index in [9.17, 15) is 4.79 Å². The molecule has 0 fully saturated rings. The molecule has 6 heteroatoms. The van der Waals surface area contributed by atoms with Crippen LogP contribution in [0, 0.1) is 13.8 Å². The molecule has 34 heavy (non-hydrogen) atoms. The number of carbonyl (C=O) groups excluding carboxylic acids is 1. The smallest absolute Gasteiger partial charge is 0.251 e. The van der Waals surface area contributed by atoms with Gasteiger partial charge in [-0.3, -0.25) is 4.79 Å². The average molecular weight is 476 g/mol. The van der Waals surface area contributed by atoms with Crippen molar-refractivity contribution in [2.24, 2.45) is 0 Å². The van der Waals surface area contributed by atoms with Crippen molar-refractivity contribution >= 4 is 28.5 Å². The summed E-state index contributed by atoms with van der Waals surface area (Å²) in [5.74, 6) is 1.62. The van der Waals surface area contributed by atoms with Gasteiger partial charge in [-0.1, -0.05) is 29.8 Å². The first-order chi connectivity index (χ1) is 16.4. The van der Waals surface area contributed by atoms with E-state index in [1.807, 2.05) is 25.1 Å². The van der Waals surface area contributed by atoms with E-state index in [4.69, 9.17) is 21.3 Å². The molecule has 1 amide bonds. The Bertz CT molecular complexity index is 1260. The maximum Gasteiger partial charge on any atom is 0.251 e. The lowest BCUT2D eigenvalue weighted by Crippen LogP contribution is -2.28. The number of aryl methyl sites for hydroxylation is 3.